The molecule has 0 saturated carbocycles. The first kappa shape index (κ1) is 21.6. The van der Waals surface area contributed by atoms with Gasteiger partial charge in [-0.05, 0) is 53.2 Å². The second-order valence-electron chi connectivity index (χ2n) is 6.17. The summed E-state index contributed by atoms with van der Waals surface area (Å²) < 4.78 is 35.8. The van der Waals surface area contributed by atoms with Crippen LogP contribution in [0.4, 0.5) is 8.78 Å². The van der Waals surface area contributed by atoms with Gasteiger partial charge < -0.3 is 4.74 Å². The Labute approximate surface area is 181 Å². The van der Waals surface area contributed by atoms with Gasteiger partial charge in [-0.2, -0.15) is 14.0 Å². The lowest BCUT2D eigenvalue weighted by Gasteiger charge is -2.19. The van der Waals surface area contributed by atoms with Crippen molar-refractivity contribution in [1.82, 2.24) is 25.6 Å². The second kappa shape index (κ2) is 8.73. The summed E-state index contributed by atoms with van der Waals surface area (Å²) in [7, 11) is 1.49. The molecule has 0 bridgehead atoms. The van der Waals surface area contributed by atoms with Gasteiger partial charge in [0, 0.05) is 27.9 Å². The van der Waals surface area contributed by atoms with E-state index in [2.05, 4.69) is 25.6 Å². The van der Waals surface area contributed by atoms with Crippen molar-refractivity contribution < 1.29 is 13.5 Å². The molecule has 4 aromatic rings. The van der Waals surface area contributed by atoms with Gasteiger partial charge in [0.15, 0.2) is 0 Å². The summed E-state index contributed by atoms with van der Waals surface area (Å²) in [6.07, 6.45) is 1.11. The molecule has 10 heteroatoms. The molecule has 4 rings (SSSR count). The number of hydrogen-bond donors (Lipinski definition) is 1. The Kier molecular flexibility index (Phi) is 6.28. The summed E-state index contributed by atoms with van der Waals surface area (Å²) in [5, 5.41) is 13.8. The smallest absolute Gasteiger partial charge is 0.299 e. The number of nitrogens with one attached hydrogen (secondary N) is 1. The fourth-order valence-electron chi connectivity index (χ4n) is 2.93. The van der Waals surface area contributed by atoms with E-state index in [-0.39, 0.29) is 29.4 Å². The van der Waals surface area contributed by atoms with E-state index in [9.17, 15) is 0 Å². The monoisotopic (exact) mass is 449 g/mol. The Morgan fingerprint density at radius 1 is 1.03 bits per heavy atom. The van der Waals surface area contributed by atoms with Crippen LogP contribution in [0.15, 0.2) is 60.8 Å². The van der Waals surface area contributed by atoms with Crippen molar-refractivity contribution >= 4 is 24.0 Å². The van der Waals surface area contributed by atoms with Crippen LogP contribution in [-0.4, -0.2) is 32.7 Å². The molecule has 0 fully saturated rings. The predicted octanol–water partition coefficient (Wildman–Crippen LogP) is 5.15. The van der Waals surface area contributed by atoms with Crippen molar-refractivity contribution in [1.29, 1.82) is 0 Å². The zero-order valence-corrected chi connectivity index (χ0v) is 17.1. The summed E-state index contributed by atoms with van der Waals surface area (Å²) in [6.45, 7) is 0. The third-order valence-electron chi connectivity index (χ3n) is 4.40. The third-order valence-corrected chi connectivity index (χ3v) is 4.63. The number of halogens is 4. The van der Waals surface area contributed by atoms with E-state index in [1.165, 1.54) is 37.4 Å². The van der Waals surface area contributed by atoms with E-state index in [4.69, 9.17) is 16.3 Å². The fraction of sp³-hybridized carbons (Fsp3) is 0.100. The standard InChI is InChI=1S/C20H14ClF2N5O.ClH/c1-29-18-8-6-13(10-16(18)12-3-2-4-15(21)9-12)20(22,23)14-5-7-17(24-11-14)19-25-27-28-26-19;/h2-11H,1H3,(H,25,26,27,28);1H. The highest BCUT2D eigenvalue weighted by Crippen LogP contribution is 2.40. The second-order valence-corrected chi connectivity index (χ2v) is 6.60. The number of methoxy groups -OCH3 is 1. The van der Waals surface area contributed by atoms with Crippen molar-refractivity contribution in [3.05, 3.63) is 76.9 Å². The number of H-pyrrole nitrogens is 1. The van der Waals surface area contributed by atoms with E-state index in [0.717, 1.165) is 6.20 Å². The lowest BCUT2D eigenvalue weighted by molar-refractivity contribution is 0.0425. The molecule has 0 spiro atoms. The van der Waals surface area contributed by atoms with Gasteiger partial charge in [0.2, 0.25) is 5.82 Å². The van der Waals surface area contributed by atoms with Gasteiger partial charge in [-0.3, -0.25) is 4.98 Å². The minimum atomic E-state index is -3.28. The van der Waals surface area contributed by atoms with Crippen molar-refractivity contribution in [2.24, 2.45) is 0 Å². The number of alkyl halides is 2. The van der Waals surface area contributed by atoms with Gasteiger partial charge in [0.25, 0.3) is 5.92 Å². The average molecular weight is 450 g/mol. The summed E-state index contributed by atoms with van der Waals surface area (Å²) in [5.41, 5.74) is 1.09. The van der Waals surface area contributed by atoms with Crippen LogP contribution in [0.3, 0.4) is 0 Å². The largest absolute Gasteiger partial charge is 0.496 e. The van der Waals surface area contributed by atoms with E-state index >= 15 is 8.78 Å². The Morgan fingerprint density at radius 3 is 2.47 bits per heavy atom. The van der Waals surface area contributed by atoms with Crippen LogP contribution in [0.5, 0.6) is 5.75 Å². The number of rotatable bonds is 5. The van der Waals surface area contributed by atoms with Crippen molar-refractivity contribution in [2.75, 3.05) is 7.11 Å². The molecule has 0 atom stereocenters. The molecule has 2 heterocycles. The molecule has 0 unspecified atom stereocenters. The molecule has 0 radical (unpaired) electrons. The molecule has 0 aliphatic rings. The topological polar surface area (TPSA) is 76.6 Å². The predicted molar refractivity (Wildman–Crippen MR) is 111 cm³/mol. The first-order valence-corrected chi connectivity index (χ1v) is 8.89. The van der Waals surface area contributed by atoms with Crippen LogP contribution in [0.2, 0.25) is 5.02 Å². The molecular formula is C20H15Cl2F2N5O. The molecule has 2 aromatic carbocycles. The van der Waals surface area contributed by atoms with Crippen LogP contribution in [0.1, 0.15) is 11.1 Å². The van der Waals surface area contributed by atoms with E-state index in [1.807, 2.05) is 0 Å². The highest BCUT2D eigenvalue weighted by atomic mass is 35.5. The van der Waals surface area contributed by atoms with Gasteiger partial charge in [-0.1, -0.05) is 23.7 Å². The molecular weight excluding hydrogens is 435 g/mol. The molecule has 1 N–H and O–H groups in total. The Bertz CT molecular complexity index is 1140. The van der Waals surface area contributed by atoms with Crippen LogP contribution >= 0.6 is 24.0 Å². The maximum absolute atomic E-state index is 15.2. The van der Waals surface area contributed by atoms with Gasteiger partial charge in [-0.25, -0.2) is 0 Å². The normalized spacial score (nSPS) is 11.1. The first-order valence-electron chi connectivity index (χ1n) is 8.51. The fourth-order valence-corrected chi connectivity index (χ4v) is 3.12. The number of tetrazole rings is 1. The molecule has 0 aliphatic heterocycles. The summed E-state index contributed by atoms with van der Waals surface area (Å²) in [4.78, 5) is 4.03. The minimum absolute atomic E-state index is 0. The van der Waals surface area contributed by atoms with Crippen molar-refractivity contribution in [3.8, 4) is 28.4 Å². The minimum Gasteiger partial charge on any atom is -0.496 e. The molecule has 2 aromatic heterocycles. The molecule has 154 valence electrons. The molecule has 30 heavy (non-hydrogen) atoms. The summed E-state index contributed by atoms with van der Waals surface area (Å²) in [6, 6.07) is 13.9. The SMILES string of the molecule is COc1ccc(C(F)(F)c2ccc(-c3nn[nH]n3)nc2)cc1-c1cccc(Cl)c1.Cl. The lowest BCUT2D eigenvalue weighted by Crippen LogP contribution is -2.16. The van der Waals surface area contributed by atoms with Crippen LogP contribution in [0.25, 0.3) is 22.6 Å². The zero-order chi connectivity index (χ0) is 20.4. The van der Waals surface area contributed by atoms with E-state index in [1.54, 1.807) is 24.3 Å². The number of ether oxygens (including phenoxy) is 1. The van der Waals surface area contributed by atoms with Crippen LogP contribution in [0, 0.1) is 0 Å². The maximum Gasteiger partial charge on any atom is 0.299 e. The molecule has 0 aliphatic carbocycles. The Morgan fingerprint density at radius 2 is 1.83 bits per heavy atom. The maximum atomic E-state index is 15.2. The van der Waals surface area contributed by atoms with Gasteiger partial charge in [0.1, 0.15) is 11.4 Å². The highest BCUT2D eigenvalue weighted by Gasteiger charge is 2.35. The van der Waals surface area contributed by atoms with E-state index in [0.29, 0.717) is 27.6 Å². The van der Waals surface area contributed by atoms with Crippen LogP contribution < -0.4 is 4.74 Å². The number of hydrogen-bond acceptors (Lipinski definition) is 5. The number of aromatic amines is 1. The quantitative estimate of drug-likeness (QED) is 0.455. The van der Waals surface area contributed by atoms with Crippen LogP contribution in [-0.2, 0) is 5.92 Å². The summed E-state index contributed by atoms with van der Waals surface area (Å²) >= 11 is 6.06. The molecule has 0 saturated heterocycles. The zero-order valence-electron chi connectivity index (χ0n) is 15.5. The Hall–Kier alpha value is -3.10. The number of nitrogens with zero attached hydrogens (tertiary/aromatic N) is 4. The number of aromatic nitrogens is 5. The van der Waals surface area contributed by atoms with Gasteiger partial charge in [0.05, 0.1) is 7.11 Å². The molecule has 6 nitrogen and oxygen atoms in total. The van der Waals surface area contributed by atoms with Crippen molar-refractivity contribution in [2.45, 2.75) is 5.92 Å². The summed E-state index contributed by atoms with van der Waals surface area (Å²) in [5.74, 6) is -2.58. The average Bonchev–Trinajstić information content (AvgIpc) is 3.28. The number of benzene rings is 2. The van der Waals surface area contributed by atoms with E-state index < -0.39 is 5.92 Å². The highest BCUT2D eigenvalue weighted by molar-refractivity contribution is 6.30. The third kappa shape index (κ3) is 4.10. The van der Waals surface area contributed by atoms with Gasteiger partial charge >= 0.3 is 0 Å². The first-order chi connectivity index (χ1) is 14.0. The molecule has 0 amide bonds. The Balaban J connectivity index is 0.00000256. The number of pyridine rings is 1. The lowest BCUT2D eigenvalue weighted by atomic mass is 9.96. The van der Waals surface area contributed by atoms with Crippen molar-refractivity contribution in [3.63, 3.8) is 0 Å². The van der Waals surface area contributed by atoms with Gasteiger partial charge in [-0.15, -0.1) is 22.6 Å².